The van der Waals surface area contributed by atoms with Crippen molar-refractivity contribution in [2.75, 3.05) is 39.0 Å². The van der Waals surface area contributed by atoms with Gasteiger partial charge in [0.15, 0.2) is 0 Å². The van der Waals surface area contributed by atoms with Crippen LogP contribution in [0.4, 0.5) is 5.95 Å². The van der Waals surface area contributed by atoms with Gasteiger partial charge in [-0.05, 0) is 58.5 Å². The number of nitrogens with one attached hydrogen (secondary N) is 2. The van der Waals surface area contributed by atoms with Crippen LogP contribution in [0.3, 0.4) is 0 Å². The molecule has 2 aromatic rings. The molecular formula is C20H29N5O. The predicted octanol–water partition coefficient (Wildman–Crippen LogP) is 2.51. The van der Waals surface area contributed by atoms with Gasteiger partial charge in [0.2, 0.25) is 5.95 Å². The first-order valence-corrected chi connectivity index (χ1v) is 9.11. The van der Waals surface area contributed by atoms with E-state index in [9.17, 15) is 4.79 Å². The third-order valence-electron chi connectivity index (χ3n) is 3.92. The zero-order valence-electron chi connectivity index (χ0n) is 16.0. The average Bonchev–Trinajstić information content (AvgIpc) is 2.62. The summed E-state index contributed by atoms with van der Waals surface area (Å²) in [4.78, 5) is 23.2. The van der Waals surface area contributed by atoms with E-state index >= 15 is 0 Å². The molecule has 1 heterocycles. The van der Waals surface area contributed by atoms with E-state index in [1.54, 1.807) is 6.07 Å². The third-order valence-corrected chi connectivity index (χ3v) is 3.92. The SMILES string of the molecule is Cc1cc(C(=O)NCCCc2ccccc2)nc(NCCCN(C)C)n1. The van der Waals surface area contributed by atoms with Crippen LogP contribution >= 0.6 is 0 Å². The quantitative estimate of drug-likeness (QED) is 0.641. The van der Waals surface area contributed by atoms with E-state index in [2.05, 4.69) is 37.6 Å². The first-order valence-electron chi connectivity index (χ1n) is 9.11. The lowest BCUT2D eigenvalue weighted by atomic mass is 10.1. The topological polar surface area (TPSA) is 70.2 Å². The maximum Gasteiger partial charge on any atom is 0.270 e. The van der Waals surface area contributed by atoms with Crippen molar-refractivity contribution in [2.24, 2.45) is 0 Å². The van der Waals surface area contributed by atoms with Crippen LogP contribution in [-0.4, -0.2) is 54.5 Å². The Morgan fingerprint density at radius 3 is 2.58 bits per heavy atom. The van der Waals surface area contributed by atoms with Crippen LogP contribution in [0.2, 0.25) is 0 Å². The van der Waals surface area contributed by atoms with Gasteiger partial charge in [-0.3, -0.25) is 4.79 Å². The van der Waals surface area contributed by atoms with Gasteiger partial charge in [0, 0.05) is 18.8 Å². The Bertz CT molecular complexity index is 688. The summed E-state index contributed by atoms with van der Waals surface area (Å²) < 4.78 is 0. The number of carbonyl (C=O) groups is 1. The number of aromatic nitrogens is 2. The Balaban J connectivity index is 1.80. The summed E-state index contributed by atoms with van der Waals surface area (Å²) in [5.41, 5.74) is 2.47. The molecule has 140 valence electrons. The van der Waals surface area contributed by atoms with Gasteiger partial charge in [-0.25, -0.2) is 9.97 Å². The maximum absolute atomic E-state index is 12.3. The number of hydrogen-bond donors (Lipinski definition) is 2. The summed E-state index contributed by atoms with van der Waals surface area (Å²) in [6, 6.07) is 12.0. The summed E-state index contributed by atoms with van der Waals surface area (Å²) in [6.07, 6.45) is 2.84. The van der Waals surface area contributed by atoms with Crippen LogP contribution in [0.1, 0.15) is 34.6 Å². The lowest BCUT2D eigenvalue weighted by molar-refractivity contribution is 0.0948. The Labute approximate surface area is 156 Å². The number of aryl methyl sites for hydroxylation is 2. The second-order valence-corrected chi connectivity index (χ2v) is 6.65. The van der Waals surface area contributed by atoms with Crippen LogP contribution in [0.25, 0.3) is 0 Å². The van der Waals surface area contributed by atoms with Gasteiger partial charge >= 0.3 is 0 Å². The summed E-state index contributed by atoms with van der Waals surface area (Å²) in [6.45, 7) is 4.27. The fraction of sp³-hybridized carbons (Fsp3) is 0.450. The highest BCUT2D eigenvalue weighted by Crippen LogP contribution is 2.06. The van der Waals surface area contributed by atoms with Gasteiger partial charge in [0.25, 0.3) is 5.91 Å². The van der Waals surface area contributed by atoms with E-state index in [0.717, 1.165) is 38.0 Å². The summed E-state index contributed by atoms with van der Waals surface area (Å²) in [5.74, 6) is 0.359. The van der Waals surface area contributed by atoms with Crippen molar-refractivity contribution >= 4 is 11.9 Å². The maximum atomic E-state index is 12.3. The van der Waals surface area contributed by atoms with Crippen molar-refractivity contribution in [2.45, 2.75) is 26.2 Å². The van der Waals surface area contributed by atoms with Crippen LogP contribution in [0, 0.1) is 6.92 Å². The largest absolute Gasteiger partial charge is 0.354 e. The minimum absolute atomic E-state index is 0.153. The van der Waals surface area contributed by atoms with Crippen LogP contribution in [0.5, 0.6) is 0 Å². The molecule has 0 fully saturated rings. The van der Waals surface area contributed by atoms with E-state index in [4.69, 9.17) is 0 Å². The van der Waals surface area contributed by atoms with E-state index in [1.165, 1.54) is 5.56 Å². The highest BCUT2D eigenvalue weighted by molar-refractivity contribution is 5.92. The van der Waals surface area contributed by atoms with E-state index in [-0.39, 0.29) is 5.91 Å². The lowest BCUT2D eigenvalue weighted by Crippen LogP contribution is -2.26. The normalized spacial score (nSPS) is 10.8. The molecule has 0 spiro atoms. The molecule has 0 bridgehead atoms. The lowest BCUT2D eigenvalue weighted by Gasteiger charge is -2.11. The molecule has 0 saturated carbocycles. The van der Waals surface area contributed by atoms with E-state index in [1.807, 2.05) is 39.2 Å². The second kappa shape index (κ2) is 10.5. The first-order chi connectivity index (χ1) is 12.5. The minimum atomic E-state index is -0.153. The third kappa shape index (κ3) is 7.19. The van der Waals surface area contributed by atoms with Gasteiger partial charge in [0.1, 0.15) is 5.69 Å². The van der Waals surface area contributed by atoms with Crippen LogP contribution in [0.15, 0.2) is 36.4 Å². The van der Waals surface area contributed by atoms with Crippen LogP contribution in [-0.2, 0) is 6.42 Å². The average molecular weight is 355 g/mol. The standard InChI is InChI=1S/C20H29N5O/c1-16-15-18(24-20(23-16)22-13-8-14-25(2)3)19(26)21-12-7-11-17-9-5-4-6-10-17/h4-6,9-10,15H,7-8,11-14H2,1-3H3,(H,21,26)(H,22,23,24). The van der Waals surface area contributed by atoms with Crippen molar-refractivity contribution < 1.29 is 4.79 Å². The van der Waals surface area contributed by atoms with Crippen molar-refractivity contribution in [3.63, 3.8) is 0 Å². The predicted molar refractivity (Wildman–Crippen MR) is 106 cm³/mol. The number of hydrogen-bond acceptors (Lipinski definition) is 5. The molecule has 2 rings (SSSR count). The molecular weight excluding hydrogens is 326 g/mol. The Kier molecular flexibility index (Phi) is 8.02. The van der Waals surface area contributed by atoms with Crippen molar-refractivity contribution in [3.8, 4) is 0 Å². The molecule has 6 nitrogen and oxygen atoms in total. The van der Waals surface area contributed by atoms with Crippen molar-refractivity contribution in [1.29, 1.82) is 0 Å². The molecule has 0 radical (unpaired) electrons. The Morgan fingerprint density at radius 1 is 1.08 bits per heavy atom. The summed E-state index contributed by atoms with van der Waals surface area (Å²) in [5, 5.41) is 6.14. The molecule has 1 aromatic carbocycles. The molecule has 1 amide bonds. The van der Waals surface area contributed by atoms with Gasteiger partial charge in [-0.15, -0.1) is 0 Å². The molecule has 0 aliphatic carbocycles. The highest BCUT2D eigenvalue weighted by atomic mass is 16.1. The van der Waals surface area contributed by atoms with Gasteiger partial charge in [0.05, 0.1) is 0 Å². The van der Waals surface area contributed by atoms with Gasteiger partial charge in [-0.1, -0.05) is 30.3 Å². The second-order valence-electron chi connectivity index (χ2n) is 6.65. The van der Waals surface area contributed by atoms with Gasteiger partial charge < -0.3 is 15.5 Å². The van der Waals surface area contributed by atoms with Crippen molar-refractivity contribution in [1.82, 2.24) is 20.2 Å². The Morgan fingerprint density at radius 2 is 1.85 bits per heavy atom. The molecule has 0 aliphatic rings. The molecule has 0 unspecified atom stereocenters. The summed E-state index contributed by atoms with van der Waals surface area (Å²) >= 11 is 0. The molecule has 0 atom stereocenters. The van der Waals surface area contributed by atoms with Crippen LogP contribution < -0.4 is 10.6 Å². The summed E-state index contributed by atoms with van der Waals surface area (Å²) in [7, 11) is 4.09. The number of anilines is 1. The number of nitrogens with zero attached hydrogens (tertiary/aromatic N) is 3. The molecule has 0 aliphatic heterocycles. The molecule has 2 N–H and O–H groups in total. The smallest absolute Gasteiger partial charge is 0.270 e. The van der Waals surface area contributed by atoms with E-state index in [0.29, 0.717) is 18.2 Å². The number of carbonyl (C=O) groups excluding carboxylic acids is 1. The zero-order chi connectivity index (χ0) is 18.8. The number of rotatable bonds is 10. The zero-order valence-corrected chi connectivity index (χ0v) is 16.0. The fourth-order valence-corrected chi connectivity index (χ4v) is 2.59. The molecule has 26 heavy (non-hydrogen) atoms. The number of amides is 1. The molecule has 6 heteroatoms. The van der Waals surface area contributed by atoms with E-state index < -0.39 is 0 Å². The molecule has 1 aromatic heterocycles. The molecule has 0 saturated heterocycles. The Hall–Kier alpha value is -2.47. The highest BCUT2D eigenvalue weighted by Gasteiger charge is 2.10. The van der Waals surface area contributed by atoms with Gasteiger partial charge in [-0.2, -0.15) is 0 Å². The monoisotopic (exact) mass is 355 g/mol. The van der Waals surface area contributed by atoms with Crippen molar-refractivity contribution in [3.05, 3.63) is 53.3 Å². The minimum Gasteiger partial charge on any atom is -0.354 e. The first kappa shape index (κ1) is 19.8. The fourth-order valence-electron chi connectivity index (χ4n) is 2.59. The number of benzene rings is 1.